The number of ether oxygens (including phenoxy) is 1. The van der Waals surface area contributed by atoms with E-state index in [1.54, 1.807) is 12.5 Å². The van der Waals surface area contributed by atoms with E-state index in [0.29, 0.717) is 19.5 Å². The molecule has 0 aliphatic carbocycles. The molecule has 3 aromatic rings. The van der Waals surface area contributed by atoms with Crippen LogP contribution in [0, 0.1) is 11.6 Å². The second-order valence-electron chi connectivity index (χ2n) is 6.24. The quantitative estimate of drug-likeness (QED) is 0.327. The molecule has 1 aromatic carbocycles. The molecule has 31 heavy (non-hydrogen) atoms. The Hall–Kier alpha value is -3.25. The number of urea groups is 1. The lowest BCUT2D eigenvalue weighted by Crippen LogP contribution is -2.30. The first-order chi connectivity index (χ1) is 14.8. The Labute approximate surface area is 184 Å². The van der Waals surface area contributed by atoms with E-state index in [9.17, 15) is 18.4 Å². The molecule has 0 spiro atoms. The molecule has 3 amide bonds. The van der Waals surface area contributed by atoms with Gasteiger partial charge in [-0.25, -0.2) is 18.6 Å². The van der Waals surface area contributed by atoms with Crippen LogP contribution in [0.4, 0.5) is 18.6 Å². The van der Waals surface area contributed by atoms with Gasteiger partial charge in [0.2, 0.25) is 5.88 Å². The fraction of sp³-hybridized carbons (Fsp3) is 0.222. The van der Waals surface area contributed by atoms with E-state index >= 15 is 0 Å². The van der Waals surface area contributed by atoms with Crippen LogP contribution in [0.3, 0.4) is 0 Å². The van der Waals surface area contributed by atoms with Crippen molar-refractivity contribution in [2.75, 3.05) is 11.9 Å². The number of imidazole rings is 1. The van der Waals surface area contributed by atoms with Crippen LogP contribution < -0.4 is 21.1 Å². The number of nitrogens with one attached hydrogen (secondary N) is 2. The summed E-state index contributed by atoms with van der Waals surface area (Å²) in [6, 6.07) is 1.13. The second kappa shape index (κ2) is 10.2. The highest BCUT2D eigenvalue weighted by molar-refractivity contribution is 7.11. The lowest BCUT2D eigenvalue weighted by molar-refractivity contribution is 0.0996. The third-order valence-corrected chi connectivity index (χ3v) is 5.06. The molecule has 164 valence electrons. The maximum atomic E-state index is 13.9. The number of nitrogens with zero attached hydrogens (tertiary/aromatic N) is 3. The summed E-state index contributed by atoms with van der Waals surface area (Å²) >= 11 is 6.28. The van der Waals surface area contributed by atoms with Gasteiger partial charge in [0.05, 0.1) is 11.3 Å². The summed E-state index contributed by atoms with van der Waals surface area (Å²) in [6.45, 7) is 0.622. The van der Waals surface area contributed by atoms with Crippen molar-refractivity contribution in [1.29, 1.82) is 0 Å². The molecule has 0 saturated carbocycles. The summed E-state index contributed by atoms with van der Waals surface area (Å²) < 4.78 is 38.6. The van der Waals surface area contributed by atoms with Crippen molar-refractivity contribution in [2.24, 2.45) is 5.73 Å². The zero-order valence-electron chi connectivity index (χ0n) is 15.9. The Balaban J connectivity index is 1.58. The predicted octanol–water partition coefficient (Wildman–Crippen LogP) is 3.16. The highest BCUT2D eigenvalue weighted by atomic mass is 35.5. The van der Waals surface area contributed by atoms with Gasteiger partial charge in [-0.2, -0.15) is 4.37 Å². The topological polar surface area (TPSA) is 124 Å². The van der Waals surface area contributed by atoms with Gasteiger partial charge in [-0.05, 0) is 30.1 Å². The molecule has 0 bridgehead atoms. The van der Waals surface area contributed by atoms with Gasteiger partial charge in [0.15, 0.2) is 0 Å². The molecule has 3 rings (SSSR count). The molecule has 0 atom stereocenters. The van der Waals surface area contributed by atoms with Gasteiger partial charge in [-0.3, -0.25) is 10.1 Å². The van der Waals surface area contributed by atoms with Crippen molar-refractivity contribution in [2.45, 2.75) is 19.6 Å². The molecular formula is C18H17ClF2N6O3S. The maximum Gasteiger partial charge on any atom is 0.319 e. The highest BCUT2D eigenvalue weighted by Gasteiger charge is 2.22. The zero-order chi connectivity index (χ0) is 22.4. The van der Waals surface area contributed by atoms with Crippen molar-refractivity contribution in [3.63, 3.8) is 0 Å². The number of halogens is 3. The summed E-state index contributed by atoms with van der Waals surface area (Å²) in [5.74, 6) is -2.71. The molecule has 2 heterocycles. The highest BCUT2D eigenvalue weighted by Crippen LogP contribution is 2.31. The normalized spacial score (nSPS) is 10.7. The first-order valence-corrected chi connectivity index (χ1v) is 10.1. The number of hydrogen-bond donors (Lipinski definition) is 3. The lowest BCUT2D eigenvalue weighted by Gasteiger charge is -2.09. The zero-order valence-corrected chi connectivity index (χ0v) is 17.5. The molecular weight excluding hydrogens is 454 g/mol. The molecule has 9 nitrogen and oxygen atoms in total. The van der Waals surface area contributed by atoms with Gasteiger partial charge in [0.1, 0.15) is 28.8 Å². The number of rotatable bonds is 9. The number of hydrogen-bond acceptors (Lipinski definition) is 6. The van der Waals surface area contributed by atoms with E-state index in [2.05, 4.69) is 20.0 Å². The van der Waals surface area contributed by atoms with E-state index < -0.39 is 30.2 Å². The average molecular weight is 471 g/mol. The fourth-order valence-corrected chi connectivity index (χ4v) is 3.41. The average Bonchev–Trinajstić information content (AvgIpc) is 3.37. The molecule has 4 N–H and O–H groups in total. The van der Waals surface area contributed by atoms with Crippen molar-refractivity contribution in [3.8, 4) is 5.88 Å². The maximum absolute atomic E-state index is 13.9. The minimum atomic E-state index is -0.901. The van der Waals surface area contributed by atoms with Crippen LogP contribution >= 0.6 is 23.1 Å². The molecule has 0 fully saturated rings. The number of nitrogens with two attached hydrogens (primary N) is 1. The third kappa shape index (κ3) is 5.89. The number of benzene rings is 1. The number of aromatic nitrogens is 3. The lowest BCUT2D eigenvalue weighted by atomic mass is 10.2. The standard InChI is InChI=1S/C18H17ClF2N6O3S/c19-11-7-12(20)10(6-13(11)21)8-30-16-14(15(22)28)17(31-26-16)25-18(29)24-2-1-4-27-5-3-23-9-27/h3,5-7,9H,1-2,4,8H2,(H2,22,28)(H2,24,25,29). The third-order valence-electron chi connectivity index (χ3n) is 4.03. The molecule has 0 aliphatic rings. The molecule has 2 aromatic heterocycles. The van der Waals surface area contributed by atoms with Gasteiger partial charge in [-0.1, -0.05) is 11.6 Å². The molecule has 0 unspecified atom stereocenters. The Morgan fingerprint density at radius 3 is 2.81 bits per heavy atom. The number of primary amides is 1. The van der Waals surface area contributed by atoms with Gasteiger partial charge in [0, 0.05) is 31.0 Å². The van der Waals surface area contributed by atoms with Gasteiger partial charge in [0.25, 0.3) is 5.91 Å². The van der Waals surface area contributed by atoms with Crippen molar-refractivity contribution >= 4 is 40.1 Å². The number of carbonyl (C=O) groups excluding carboxylic acids is 2. The van der Waals surface area contributed by atoms with E-state index in [4.69, 9.17) is 22.1 Å². The van der Waals surface area contributed by atoms with E-state index in [0.717, 1.165) is 23.7 Å². The SMILES string of the molecule is NC(=O)c1c(OCc2cc(F)c(Cl)cc2F)nsc1NC(=O)NCCCn1ccnc1. The van der Waals surface area contributed by atoms with Gasteiger partial charge < -0.3 is 20.4 Å². The van der Waals surface area contributed by atoms with Crippen molar-refractivity contribution < 1.29 is 23.1 Å². The predicted molar refractivity (Wildman–Crippen MR) is 110 cm³/mol. The Morgan fingerprint density at radius 1 is 1.29 bits per heavy atom. The van der Waals surface area contributed by atoms with Crippen LogP contribution in [0.1, 0.15) is 22.3 Å². The fourth-order valence-electron chi connectivity index (χ4n) is 2.53. The van der Waals surface area contributed by atoms with Crippen LogP contribution in [0.15, 0.2) is 30.9 Å². The number of aryl methyl sites for hydroxylation is 1. The summed E-state index contributed by atoms with van der Waals surface area (Å²) in [5, 5.41) is 4.83. The van der Waals surface area contributed by atoms with Crippen molar-refractivity contribution in [3.05, 3.63) is 58.6 Å². The summed E-state index contributed by atoms with van der Waals surface area (Å²) in [4.78, 5) is 27.8. The molecule has 13 heteroatoms. The minimum absolute atomic E-state index is 0.0670. The number of amides is 3. The molecule has 0 radical (unpaired) electrons. The summed E-state index contributed by atoms with van der Waals surface area (Å²) in [5.41, 5.74) is 5.07. The van der Waals surface area contributed by atoms with Gasteiger partial charge in [-0.15, -0.1) is 0 Å². The first kappa shape index (κ1) is 22.4. The number of anilines is 1. The van der Waals surface area contributed by atoms with Crippen molar-refractivity contribution in [1.82, 2.24) is 19.2 Å². The van der Waals surface area contributed by atoms with Crippen LogP contribution in [0.5, 0.6) is 5.88 Å². The smallest absolute Gasteiger partial charge is 0.319 e. The van der Waals surface area contributed by atoms with E-state index in [1.165, 1.54) is 0 Å². The second-order valence-corrected chi connectivity index (χ2v) is 7.42. The van der Waals surface area contributed by atoms with E-state index in [-0.39, 0.29) is 27.0 Å². The Bertz CT molecular complexity index is 1080. The Morgan fingerprint density at radius 2 is 2.10 bits per heavy atom. The largest absolute Gasteiger partial charge is 0.471 e. The Kier molecular flexibility index (Phi) is 7.36. The number of carbonyl (C=O) groups is 2. The monoisotopic (exact) mass is 470 g/mol. The first-order valence-electron chi connectivity index (χ1n) is 8.91. The summed E-state index contributed by atoms with van der Waals surface area (Å²) in [7, 11) is 0. The van der Waals surface area contributed by atoms with Crippen LogP contribution in [0.25, 0.3) is 0 Å². The van der Waals surface area contributed by atoms with E-state index in [1.807, 2.05) is 10.8 Å². The van der Waals surface area contributed by atoms with Crippen LogP contribution in [-0.4, -0.2) is 32.4 Å². The molecule has 0 saturated heterocycles. The molecule has 0 aliphatic heterocycles. The summed E-state index contributed by atoms with van der Waals surface area (Å²) in [6.07, 6.45) is 5.80. The van der Waals surface area contributed by atoms with Crippen LogP contribution in [0.2, 0.25) is 5.02 Å². The minimum Gasteiger partial charge on any atom is -0.471 e. The van der Waals surface area contributed by atoms with Crippen LogP contribution in [-0.2, 0) is 13.2 Å². The van der Waals surface area contributed by atoms with Gasteiger partial charge >= 0.3 is 6.03 Å².